The Kier molecular flexibility index (Phi) is 14.5. The molecule has 0 spiro atoms. The summed E-state index contributed by atoms with van der Waals surface area (Å²) in [5.41, 5.74) is 1.14. The number of hydrogen-bond acceptors (Lipinski definition) is 2. The van der Waals surface area contributed by atoms with Gasteiger partial charge in [0, 0.05) is 19.4 Å². The van der Waals surface area contributed by atoms with Crippen LogP contribution >= 0.6 is 0 Å². The molecule has 154 valence electrons. The number of unbranched alkanes of at least 4 members (excludes halogenated alkanes) is 7. The lowest BCUT2D eigenvalue weighted by atomic mass is 10.1. The smallest absolute Gasteiger partial charge is 0.220 e. The van der Waals surface area contributed by atoms with Crippen molar-refractivity contribution in [2.24, 2.45) is 0 Å². The normalized spacial score (nSPS) is 11.3. The second-order valence-corrected chi connectivity index (χ2v) is 7.28. The Labute approximate surface area is 171 Å². The van der Waals surface area contributed by atoms with Crippen LogP contribution in [0.15, 0.2) is 54.6 Å². The highest BCUT2D eigenvalue weighted by Crippen LogP contribution is 2.08. The fourth-order valence-corrected chi connectivity index (χ4v) is 2.93. The first-order valence-corrected chi connectivity index (χ1v) is 10.9. The van der Waals surface area contributed by atoms with Crippen LogP contribution in [0.25, 0.3) is 0 Å². The topological polar surface area (TPSA) is 46.2 Å². The number of benzene rings is 1. The molecule has 1 aromatic carbocycles. The molecule has 0 aliphatic rings. The number of nitrogens with one attached hydrogen (secondary N) is 1. The SMILES string of the molecule is CCCCCC(=O)/C=C/C=C/CCCCCCCC(=O)NCc1ccccc1. The van der Waals surface area contributed by atoms with Gasteiger partial charge in [0.05, 0.1) is 0 Å². The first-order valence-electron chi connectivity index (χ1n) is 10.9. The van der Waals surface area contributed by atoms with Gasteiger partial charge in [-0.15, -0.1) is 0 Å². The molecule has 0 aliphatic carbocycles. The van der Waals surface area contributed by atoms with Crippen LogP contribution in [0.5, 0.6) is 0 Å². The highest BCUT2D eigenvalue weighted by Gasteiger charge is 2.01. The Morgan fingerprint density at radius 2 is 1.57 bits per heavy atom. The van der Waals surface area contributed by atoms with E-state index in [1.807, 2.05) is 42.5 Å². The van der Waals surface area contributed by atoms with Crippen molar-refractivity contribution in [2.75, 3.05) is 0 Å². The molecule has 3 heteroatoms. The van der Waals surface area contributed by atoms with Crippen LogP contribution in [0, 0.1) is 0 Å². The van der Waals surface area contributed by atoms with E-state index < -0.39 is 0 Å². The zero-order valence-electron chi connectivity index (χ0n) is 17.5. The zero-order chi connectivity index (χ0) is 20.3. The molecule has 0 heterocycles. The van der Waals surface area contributed by atoms with Crippen molar-refractivity contribution >= 4 is 11.7 Å². The minimum atomic E-state index is 0.141. The summed E-state index contributed by atoms with van der Waals surface area (Å²) in [5, 5.41) is 2.97. The predicted molar refractivity (Wildman–Crippen MR) is 118 cm³/mol. The van der Waals surface area contributed by atoms with E-state index >= 15 is 0 Å². The maximum absolute atomic E-state index is 11.8. The predicted octanol–water partition coefficient (Wildman–Crippen LogP) is 6.30. The third-order valence-electron chi connectivity index (χ3n) is 4.66. The molecule has 1 rings (SSSR count). The maximum atomic E-state index is 11.8. The van der Waals surface area contributed by atoms with Crippen LogP contribution in [0.1, 0.15) is 83.1 Å². The fourth-order valence-electron chi connectivity index (χ4n) is 2.93. The first kappa shape index (κ1) is 23.9. The summed E-state index contributed by atoms with van der Waals surface area (Å²) in [4.78, 5) is 23.4. The maximum Gasteiger partial charge on any atom is 0.220 e. The minimum absolute atomic E-state index is 0.141. The van der Waals surface area contributed by atoms with Crippen molar-refractivity contribution in [3.63, 3.8) is 0 Å². The van der Waals surface area contributed by atoms with E-state index in [-0.39, 0.29) is 11.7 Å². The van der Waals surface area contributed by atoms with Gasteiger partial charge in [0.15, 0.2) is 5.78 Å². The van der Waals surface area contributed by atoms with Crippen molar-refractivity contribution in [1.82, 2.24) is 5.32 Å². The Balaban J connectivity index is 1.91. The molecule has 1 N–H and O–H groups in total. The quantitative estimate of drug-likeness (QED) is 0.207. The van der Waals surface area contributed by atoms with Gasteiger partial charge in [-0.1, -0.05) is 87.6 Å². The Morgan fingerprint density at radius 1 is 0.857 bits per heavy atom. The lowest BCUT2D eigenvalue weighted by molar-refractivity contribution is -0.121. The average Bonchev–Trinajstić information content (AvgIpc) is 2.71. The molecule has 0 fully saturated rings. The number of amides is 1. The van der Waals surface area contributed by atoms with Crippen LogP contribution in [-0.2, 0) is 16.1 Å². The van der Waals surface area contributed by atoms with Gasteiger partial charge in [0.2, 0.25) is 5.91 Å². The van der Waals surface area contributed by atoms with E-state index in [9.17, 15) is 9.59 Å². The van der Waals surface area contributed by atoms with Crippen LogP contribution in [0.2, 0.25) is 0 Å². The third kappa shape index (κ3) is 14.0. The van der Waals surface area contributed by atoms with Gasteiger partial charge < -0.3 is 5.32 Å². The van der Waals surface area contributed by atoms with Crippen molar-refractivity contribution in [2.45, 2.75) is 84.1 Å². The molecule has 0 radical (unpaired) electrons. The van der Waals surface area contributed by atoms with Crippen molar-refractivity contribution in [3.8, 4) is 0 Å². The molecule has 0 saturated heterocycles. The van der Waals surface area contributed by atoms with Crippen LogP contribution in [0.4, 0.5) is 0 Å². The molecule has 3 nitrogen and oxygen atoms in total. The molecule has 0 atom stereocenters. The van der Waals surface area contributed by atoms with Crippen molar-refractivity contribution in [1.29, 1.82) is 0 Å². The number of carbonyl (C=O) groups is 2. The Bertz CT molecular complexity index is 590. The van der Waals surface area contributed by atoms with Gasteiger partial charge in [-0.05, 0) is 37.3 Å². The highest BCUT2D eigenvalue weighted by molar-refractivity contribution is 5.89. The number of hydrogen-bond donors (Lipinski definition) is 1. The monoisotopic (exact) mass is 383 g/mol. The summed E-state index contributed by atoms with van der Waals surface area (Å²) in [6.07, 6.45) is 18.9. The van der Waals surface area contributed by atoms with Crippen LogP contribution in [-0.4, -0.2) is 11.7 Å². The summed E-state index contributed by atoms with van der Waals surface area (Å²) in [6, 6.07) is 10.0. The summed E-state index contributed by atoms with van der Waals surface area (Å²) >= 11 is 0. The molecule has 0 aromatic heterocycles. The summed E-state index contributed by atoms with van der Waals surface area (Å²) in [6.45, 7) is 2.76. The second kappa shape index (κ2) is 17.0. The van der Waals surface area contributed by atoms with E-state index in [0.717, 1.165) is 50.5 Å². The van der Waals surface area contributed by atoms with E-state index in [1.165, 1.54) is 12.8 Å². The molecule has 1 aromatic rings. The molecule has 0 saturated carbocycles. The highest BCUT2D eigenvalue weighted by atomic mass is 16.1. The molecule has 0 aliphatic heterocycles. The minimum Gasteiger partial charge on any atom is -0.352 e. The van der Waals surface area contributed by atoms with Gasteiger partial charge in [-0.2, -0.15) is 0 Å². The van der Waals surface area contributed by atoms with Gasteiger partial charge in [-0.3, -0.25) is 9.59 Å². The molecular weight excluding hydrogens is 346 g/mol. The largest absolute Gasteiger partial charge is 0.352 e. The van der Waals surface area contributed by atoms with Gasteiger partial charge >= 0.3 is 0 Å². The Morgan fingerprint density at radius 3 is 2.36 bits per heavy atom. The molecule has 1 amide bonds. The molecule has 0 unspecified atom stereocenters. The summed E-state index contributed by atoms with van der Waals surface area (Å²) in [7, 11) is 0. The summed E-state index contributed by atoms with van der Waals surface area (Å²) in [5.74, 6) is 0.369. The average molecular weight is 384 g/mol. The molecule has 0 bridgehead atoms. The van der Waals surface area contributed by atoms with Gasteiger partial charge in [-0.25, -0.2) is 0 Å². The number of ketones is 1. The van der Waals surface area contributed by atoms with E-state index in [2.05, 4.69) is 18.3 Å². The lowest BCUT2D eigenvalue weighted by Crippen LogP contribution is -2.22. The van der Waals surface area contributed by atoms with Crippen LogP contribution in [0.3, 0.4) is 0 Å². The van der Waals surface area contributed by atoms with Crippen molar-refractivity contribution < 1.29 is 9.59 Å². The number of carbonyl (C=O) groups excluding carboxylic acids is 2. The second-order valence-electron chi connectivity index (χ2n) is 7.28. The zero-order valence-corrected chi connectivity index (χ0v) is 17.5. The molecule has 28 heavy (non-hydrogen) atoms. The summed E-state index contributed by atoms with van der Waals surface area (Å²) < 4.78 is 0. The van der Waals surface area contributed by atoms with E-state index in [0.29, 0.717) is 19.4 Å². The standard InChI is InChI=1S/C25H37NO2/c1-2-3-12-19-24(27)20-15-9-7-5-4-6-8-10-16-21-25(28)26-22-23-17-13-11-14-18-23/h7,9,11,13-15,17-18,20H,2-6,8,10,12,16,19,21-22H2,1H3,(H,26,28)/b9-7+,20-15+. The Hall–Kier alpha value is -2.16. The number of allylic oxidation sites excluding steroid dienone is 4. The molecular formula is C25H37NO2. The van der Waals surface area contributed by atoms with Gasteiger partial charge in [0.25, 0.3) is 0 Å². The van der Waals surface area contributed by atoms with Crippen LogP contribution < -0.4 is 5.32 Å². The lowest BCUT2D eigenvalue weighted by Gasteiger charge is -2.05. The van der Waals surface area contributed by atoms with Crippen molar-refractivity contribution in [3.05, 3.63) is 60.2 Å². The van der Waals surface area contributed by atoms with E-state index in [1.54, 1.807) is 6.08 Å². The number of rotatable bonds is 16. The van der Waals surface area contributed by atoms with E-state index in [4.69, 9.17) is 0 Å². The third-order valence-corrected chi connectivity index (χ3v) is 4.66. The fraction of sp³-hybridized carbons (Fsp3) is 0.520. The first-order chi connectivity index (χ1) is 13.7. The van der Waals surface area contributed by atoms with Gasteiger partial charge in [0.1, 0.15) is 0 Å².